The summed E-state index contributed by atoms with van der Waals surface area (Å²) >= 11 is 0. The highest BCUT2D eigenvalue weighted by molar-refractivity contribution is 5.75. The number of rotatable bonds is 7. The summed E-state index contributed by atoms with van der Waals surface area (Å²) in [5.41, 5.74) is 1.05. The Kier molecular flexibility index (Phi) is 5.93. The van der Waals surface area contributed by atoms with Gasteiger partial charge in [-0.3, -0.25) is 13.9 Å². The SMILES string of the molecule is Cc1ccc(OC[C@H](O)Cn2c(Nc3ccc(O)cc3)nc3c2c(=O)n(C)c(=O)n3C)cc1. The van der Waals surface area contributed by atoms with Crippen LogP contribution in [-0.2, 0) is 20.6 Å². The second kappa shape index (κ2) is 8.83. The van der Waals surface area contributed by atoms with E-state index in [0.717, 1.165) is 10.1 Å². The Morgan fingerprint density at radius 3 is 2.36 bits per heavy atom. The number of aromatic nitrogens is 4. The first kappa shape index (κ1) is 22.2. The number of aryl methyl sites for hydroxylation is 2. The third-order valence-electron chi connectivity index (χ3n) is 5.33. The van der Waals surface area contributed by atoms with E-state index in [1.807, 2.05) is 31.2 Å². The second-order valence-corrected chi connectivity index (χ2v) is 7.87. The predicted molar refractivity (Wildman–Crippen MR) is 124 cm³/mol. The maximum Gasteiger partial charge on any atom is 0.332 e. The zero-order chi connectivity index (χ0) is 23.7. The van der Waals surface area contributed by atoms with Crippen LogP contribution in [0.4, 0.5) is 11.6 Å². The lowest BCUT2D eigenvalue weighted by atomic mass is 10.2. The largest absolute Gasteiger partial charge is 0.508 e. The summed E-state index contributed by atoms with van der Waals surface area (Å²) < 4.78 is 9.50. The lowest BCUT2D eigenvalue weighted by Gasteiger charge is -2.16. The van der Waals surface area contributed by atoms with Crippen LogP contribution in [0.2, 0.25) is 0 Å². The standard InChI is InChI=1S/C23H25N5O5/c1-14-4-10-18(11-5-14)33-13-17(30)12-28-19-20(26(2)23(32)27(3)21(19)31)25-22(28)24-15-6-8-16(29)9-7-15/h4-11,17,29-30H,12-13H2,1-3H3,(H,24,25)/t17-/m1/s1. The molecule has 10 heteroatoms. The molecular weight excluding hydrogens is 426 g/mol. The molecular formula is C23H25N5O5. The third-order valence-corrected chi connectivity index (χ3v) is 5.33. The Labute approximate surface area is 188 Å². The number of aliphatic hydroxyl groups excluding tert-OH is 1. The lowest BCUT2D eigenvalue weighted by Crippen LogP contribution is -2.38. The number of hydrogen-bond donors (Lipinski definition) is 3. The molecule has 0 aliphatic rings. The van der Waals surface area contributed by atoms with Gasteiger partial charge in [-0.2, -0.15) is 4.98 Å². The predicted octanol–water partition coefficient (Wildman–Crippen LogP) is 1.63. The van der Waals surface area contributed by atoms with E-state index < -0.39 is 17.4 Å². The van der Waals surface area contributed by atoms with Gasteiger partial charge in [0, 0.05) is 19.8 Å². The molecule has 2 heterocycles. The summed E-state index contributed by atoms with van der Waals surface area (Å²) in [5, 5.41) is 23.3. The van der Waals surface area contributed by atoms with Crippen molar-refractivity contribution in [3.63, 3.8) is 0 Å². The number of ether oxygens (including phenoxy) is 1. The first-order valence-electron chi connectivity index (χ1n) is 10.3. The summed E-state index contributed by atoms with van der Waals surface area (Å²) in [4.78, 5) is 29.8. The molecule has 2 aromatic heterocycles. The van der Waals surface area contributed by atoms with E-state index in [2.05, 4.69) is 10.3 Å². The maximum atomic E-state index is 12.9. The van der Waals surface area contributed by atoms with E-state index in [1.165, 1.54) is 35.4 Å². The molecule has 0 spiro atoms. The monoisotopic (exact) mass is 451 g/mol. The van der Waals surface area contributed by atoms with Gasteiger partial charge in [0.2, 0.25) is 5.95 Å². The number of anilines is 2. The molecule has 0 fully saturated rings. The average Bonchev–Trinajstić information content (AvgIpc) is 3.15. The van der Waals surface area contributed by atoms with Gasteiger partial charge in [-0.05, 0) is 43.3 Å². The number of phenols is 1. The van der Waals surface area contributed by atoms with Crippen molar-refractivity contribution < 1.29 is 14.9 Å². The Morgan fingerprint density at radius 2 is 1.70 bits per heavy atom. The lowest BCUT2D eigenvalue weighted by molar-refractivity contribution is 0.0938. The highest BCUT2D eigenvalue weighted by Crippen LogP contribution is 2.22. The zero-order valence-corrected chi connectivity index (χ0v) is 18.5. The van der Waals surface area contributed by atoms with Crippen molar-refractivity contribution in [2.75, 3.05) is 11.9 Å². The minimum Gasteiger partial charge on any atom is -0.508 e. The van der Waals surface area contributed by atoms with E-state index >= 15 is 0 Å². The minimum absolute atomic E-state index is 0.00375. The van der Waals surface area contributed by atoms with Crippen LogP contribution < -0.4 is 21.3 Å². The Bertz CT molecular complexity index is 1400. The number of phenolic OH excluding ortho intramolecular Hbond substituents is 1. The van der Waals surface area contributed by atoms with Crippen molar-refractivity contribution in [3.05, 3.63) is 74.9 Å². The number of aromatic hydroxyl groups is 1. The number of imidazole rings is 1. The number of benzene rings is 2. The van der Waals surface area contributed by atoms with E-state index in [-0.39, 0.29) is 36.0 Å². The van der Waals surface area contributed by atoms with Crippen LogP contribution in [0.3, 0.4) is 0 Å². The molecule has 2 aromatic carbocycles. The number of nitrogens with zero attached hydrogens (tertiary/aromatic N) is 4. The second-order valence-electron chi connectivity index (χ2n) is 7.87. The van der Waals surface area contributed by atoms with Crippen LogP contribution >= 0.6 is 0 Å². The van der Waals surface area contributed by atoms with E-state index in [9.17, 15) is 19.8 Å². The minimum atomic E-state index is -0.967. The van der Waals surface area contributed by atoms with Crippen molar-refractivity contribution in [1.82, 2.24) is 18.7 Å². The van der Waals surface area contributed by atoms with E-state index in [4.69, 9.17) is 4.74 Å². The van der Waals surface area contributed by atoms with Crippen molar-refractivity contribution in [2.24, 2.45) is 14.1 Å². The van der Waals surface area contributed by atoms with Crippen LogP contribution in [0.5, 0.6) is 11.5 Å². The van der Waals surface area contributed by atoms with Gasteiger partial charge in [-0.1, -0.05) is 17.7 Å². The van der Waals surface area contributed by atoms with Crippen LogP contribution in [0, 0.1) is 6.92 Å². The van der Waals surface area contributed by atoms with Gasteiger partial charge < -0.3 is 24.8 Å². The number of aliphatic hydroxyl groups is 1. The highest BCUT2D eigenvalue weighted by Gasteiger charge is 2.21. The molecule has 0 saturated heterocycles. The van der Waals surface area contributed by atoms with E-state index in [0.29, 0.717) is 11.4 Å². The van der Waals surface area contributed by atoms with Crippen LogP contribution in [-0.4, -0.2) is 41.6 Å². The molecule has 172 valence electrons. The molecule has 33 heavy (non-hydrogen) atoms. The first-order valence-corrected chi connectivity index (χ1v) is 10.3. The van der Waals surface area contributed by atoms with E-state index in [1.54, 1.807) is 12.1 Å². The highest BCUT2D eigenvalue weighted by atomic mass is 16.5. The van der Waals surface area contributed by atoms with Gasteiger partial charge in [-0.25, -0.2) is 4.79 Å². The number of hydrogen-bond acceptors (Lipinski definition) is 7. The summed E-state index contributed by atoms with van der Waals surface area (Å²) in [6.45, 7) is 1.96. The quantitative estimate of drug-likeness (QED) is 0.365. The fourth-order valence-electron chi connectivity index (χ4n) is 3.48. The fraction of sp³-hybridized carbons (Fsp3) is 0.261. The molecule has 0 bridgehead atoms. The topological polar surface area (TPSA) is 124 Å². The van der Waals surface area contributed by atoms with Gasteiger partial charge in [-0.15, -0.1) is 0 Å². The molecule has 0 radical (unpaired) electrons. The normalized spacial score (nSPS) is 12.1. The van der Waals surface area contributed by atoms with Gasteiger partial charge in [0.1, 0.15) is 24.2 Å². The molecule has 4 rings (SSSR count). The van der Waals surface area contributed by atoms with Crippen molar-refractivity contribution in [2.45, 2.75) is 19.6 Å². The van der Waals surface area contributed by atoms with Crippen molar-refractivity contribution >= 4 is 22.8 Å². The Morgan fingerprint density at radius 1 is 1.03 bits per heavy atom. The van der Waals surface area contributed by atoms with Gasteiger partial charge in [0.15, 0.2) is 11.2 Å². The van der Waals surface area contributed by atoms with Crippen molar-refractivity contribution in [1.29, 1.82) is 0 Å². The first-order chi connectivity index (χ1) is 15.7. The molecule has 0 unspecified atom stereocenters. The molecule has 1 atom stereocenters. The molecule has 0 saturated carbocycles. The molecule has 0 aliphatic carbocycles. The molecule has 4 aromatic rings. The van der Waals surface area contributed by atoms with Crippen LogP contribution in [0.15, 0.2) is 58.1 Å². The molecule has 3 N–H and O–H groups in total. The average molecular weight is 451 g/mol. The van der Waals surface area contributed by atoms with Gasteiger partial charge >= 0.3 is 5.69 Å². The summed E-state index contributed by atoms with van der Waals surface area (Å²) in [6, 6.07) is 13.8. The molecule has 0 aliphatic heterocycles. The van der Waals surface area contributed by atoms with Crippen molar-refractivity contribution in [3.8, 4) is 11.5 Å². The van der Waals surface area contributed by atoms with Crippen LogP contribution in [0.25, 0.3) is 11.2 Å². The Balaban J connectivity index is 1.70. The smallest absolute Gasteiger partial charge is 0.332 e. The Hall–Kier alpha value is -4.05. The van der Waals surface area contributed by atoms with Gasteiger partial charge in [0.25, 0.3) is 5.56 Å². The third kappa shape index (κ3) is 4.46. The molecule has 0 amide bonds. The zero-order valence-electron chi connectivity index (χ0n) is 18.5. The summed E-state index contributed by atoms with van der Waals surface area (Å²) in [7, 11) is 2.92. The number of nitrogens with one attached hydrogen (secondary N) is 1. The maximum absolute atomic E-state index is 12.9. The summed E-state index contributed by atoms with van der Waals surface area (Å²) in [5.74, 6) is 0.994. The summed E-state index contributed by atoms with van der Waals surface area (Å²) in [6.07, 6.45) is -0.967. The van der Waals surface area contributed by atoms with Gasteiger partial charge in [0.05, 0.1) is 6.54 Å². The van der Waals surface area contributed by atoms with Crippen LogP contribution in [0.1, 0.15) is 5.56 Å². The molecule has 10 nitrogen and oxygen atoms in total. The number of fused-ring (bicyclic) bond motifs is 1. The fourth-order valence-corrected chi connectivity index (χ4v) is 3.48.